The molecule has 4 aromatic carbocycles. The highest BCUT2D eigenvalue weighted by Gasteiger charge is 2.20. The van der Waals surface area contributed by atoms with Crippen LogP contribution in [0.5, 0.6) is 0 Å². The van der Waals surface area contributed by atoms with E-state index in [-0.39, 0.29) is 11.8 Å². The lowest BCUT2D eigenvalue weighted by Gasteiger charge is -2.32. The number of aryl methyl sites for hydroxylation is 1. The molecule has 0 bridgehead atoms. The van der Waals surface area contributed by atoms with E-state index in [4.69, 9.17) is 16.6 Å². The van der Waals surface area contributed by atoms with E-state index < -0.39 is 0 Å². The van der Waals surface area contributed by atoms with Crippen molar-refractivity contribution in [1.82, 2.24) is 10.3 Å². The molecule has 0 fully saturated rings. The maximum absolute atomic E-state index is 13.4. The first-order chi connectivity index (χ1) is 20.5. The zero-order chi connectivity index (χ0) is 28.9. The van der Waals surface area contributed by atoms with Crippen LogP contribution in [0.4, 0.5) is 11.5 Å². The van der Waals surface area contributed by atoms with Crippen LogP contribution in [0.2, 0.25) is 5.02 Å². The highest BCUT2D eigenvalue weighted by atomic mass is 35.5. The van der Waals surface area contributed by atoms with Gasteiger partial charge in [-0.25, -0.2) is 4.98 Å². The van der Waals surface area contributed by atoms with Gasteiger partial charge in [0.15, 0.2) is 0 Å². The number of rotatable bonds is 8. The van der Waals surface area contributed by atoms with Crippen LogP contribution in [0.3, 0.4) is 0 Å². The maximum atomic E-state index is 13.4. The minimum Gasteiger partial charge on any atom is -0.367 e. The molecule has 5 nitrogen and oxygen atoms in total. The molecule has 0 radical (unpaired) electrons. The first-order valence-electron chi connectivity index (χ1n) is 14.3. The summed E-state index contributed by atoms with van der Waals surface area (Å²) in [6.07, 6.45) is 1.87. The van der Waals surface area contributed by atoms with Crippen molar-refractivity contribution in [1.29, 1.82) is 0 Å². The number of benzene rings is 4. The van der Waals surface area contributed by atoms with Gasteiger partial charge in [0.2, 0.25) is 0 Å². The van der Waals surface area contributed by atoms with Crippen LogP contribution in [0.25, 0.3) is 11.1 Å². The average Bonchev–Trinajstić information content (AvgIpc) is 3.04. The molecule has 210 valence electrons. The fourth-order valence-electron chi connectivity index (χ4n) is 5.53. The van der Waals surface area contributed by atoms with Gasteiger partial charge in [-0.05, 0) is 65.1 Å². The van der Waals surface area contributed by atoms with E-state index in [0.29, 0.717) is 12.1 Å². The molecule has 1 aliphatic heterocycles. The molecule has 2 heterocycles. The van der Waals surface area contributed by atoms with Crippen molar-refractivity contribution < 1.29 is 4.79 Å². The molecule has 5 aromatic rings. The normalized spacial score (nSPS) is 12.5. The lowest BCUT2D eigenvalue weighted by molar-refractivity contribution is 0.0952. The summed E-state index contributed by atoms with van der Waals surface area (Å²) in [6, 6.07) is 36.6. The number of halogens is 1. The zero-order valence-electron chi connectivity index (χ0n) is 23.6. The van der Waals surface area contributed by atoms with E-state index in [1.165, 1.54) is 22.3 Å². The SMILES string of the molecule is Cc1ccc(Cl)cc1CN1CCNc2ncc(-c3cccc(C(=O)NCC(c4ccccc4)c4ccccc4)c3)cc21. The molecule has 0 aliphatic carbocycles. The summed E-state index contributed by atoms with van der Waals surface area (Å²) in [7, 11) is 0. The van der Waals surface area contributed by atoms with E-state index in [0.717, 1.165) is 47.3 Å². The molecular weight excluding hydrogens is 540 g/mol. The Hall–Kier alpha value is -4.61. The third-order valence-electron chi connectivity index (χ3n) is 7.88. The van der Waals surface area contributed by atoms with E-state index in [9.17, 15) is 4.79 Å². The number of pyridine rings is 1. The lowest BCUT2D eigenvalue weighted by Crippen LogP contribution is -2.34. The number of anilines is 2. The Labute approximate surface area is 252 Å². The van der Waals surface area contributed by atoms with Crippen LogP contribution in [0.1, 0.15) is 38.5 Å². The molecule has 0 atom stereocenters. The van der Waals surface area contributed by atoms with E-state index in [2.05, 4.69) is 58.9 Å². The smallest absolute Gasteiger partial charge is 0.251 e. The molecule has 42 heavy (non-hydrogen) atoms. The molecule has 1 aromatic heterocycles. The number of aromatic nitrogens is 1. The monoisotopic (exact) mass is 572 g/mol. The molecule has 0 saturated carbocycles. The first kappa shape index (κ1) is 27.6. The van der Waals surface area contributed by atoms with Crippen LogP contribution in [0.15, 0.2) is 115 Å². The van der Waals surface area contributed by atoms with Gasteiger partial charge >= 0.3 is 0 Å². The highest BCUT2D eigenvalue weighted by Crippen LogP contribution is 2.34. The standard InChI is InChI=1S/C36H33ClN4O/c1-25-15-16-32(37)20-31(25)24-41-18-17-38-35-34(41)21-30(22-39-35)28-13-8-14-29(19-28)36(42)40-23-33(26-9-4-2-5-10-26)27-11-6-3-7-12-27/h2-16,19-22,33H,17-18,23-24H2,1H3,(H,38,39)(H,40,42). The highest BCUT2D eigenvalue weighted by molar-refractivity contribution is 6.30. The summed E-state index contributed by atoms with van der Waals surface area (Å²) in [5.41, 5.74) is 8.33. The summed E-state index contributed by atoms with van der Waals surface area (Å²) in [6.45, 7) is 5.04. The Balaban J connectivity index is 1.22. The number of hydrogen-bond donors (Lipinski definition) is 2. The van der Waals surface area contributed by atoms with Gasteiger partial charge < -0.3 is 15.5 Å². The van der Waals surface area contributed by atoms with Gasteiger partial charge in [0.25, 0.3) is 5.91 Å². The van der Waals surface area contributed by atoms with Crippen molar-refractivity contribution in [2.75, 3.05) is 29.9 Å². The number of nitrogens with one attached hydrogen (secondary N) is 2. The van der Waals surface area contributed by atoms with Crippen molar-refractivity contribution in [2.45, 2.75) is 19.4 Å². The van der Waals surface area contributed by atoms with E-state index in [1.54, 1.807) is 0 Å². The summed E-state index contributed by atoms with van der Waals surface area (Å²) in [5, 5.41) is 7.35. The predicted molar refractivity (Wildman–Crippen MR) is 172 cm³/mol. The van der Waals surface area contributed by atoms with Gasteiger partial charge in [0.05, 0.1) is 5.69 Å². The number of amides is 1. The number of fused-ring (bicyclic) bond motifs is 1. The Kier molecular flexibility index (Phi) is 8.20. The number of hydrogen-bond acceptors (Lipinski definition) is 4. The van der Waals surface area contributed by atoms with Crippen LogP contribution in [-0.4, -0.2) is 30.5 Å². The van der Waals surface area contributed by atoms with Crippen molar-refractivity contribution in [2.24, 2.45) is 0 Å². The topological polar surface area (TPSA) is 57.3 Å². The van der Waals surface area contributed by atoms with Gasteiger partial charge in [0.1, 0.15) is 5.82 Å². The molecule has 0 saturated heterocycles. The molecule has 0 spiro atoms. The zero-order valence-corrected chi connectivity index (χ0v) is 24.3. The average molecular weight is 573 g/mol. The van der Waals surface area contributed by atoms with Crippen molar-refractivity contribution in [3.63, 3.8) is 0 Å². The van der Waals surface area contributed by atoms with E-state index >= 15 is 0 Å². The summed E-state index contributed by atoms with van der Waals surface area (Å²) < 4.78 is 0. The quantitative estimate of drug-likeness (QED) is 0.200. The van der Waals surface area contributed by atoms with Crippen molar-refractivity contribution >= 4 is 29.0 Å². The van der Waals surface area contributed by atoms with Gasteiger partial charge in [-0.2, -0.15) is 0 Å². The Bertz CT molecular complexity index is 1650. The number of carbonyl (C=O) groups is 1. The first-order valence-corrected chi connectivity index (χ1v) is 14.7. The van der Waals surface area contributed by atoms with Gasteiger partial charge in [-0.15, -0.1) is 0 Å². The Morgan fingerprint density at radius 3 is 2.38 bits per heavy atom. The molecular formula is C36H33ClN4O. The van der Waals surface area contributed by atoms with E-state index in [1.807, 2.05) is 79.0 Å². The van der Waals surface area contributed by atoms with Crippen LogP contribution in [-0.2, 0) is 6.54 Å². The van der Waals surface area contributed by atoms with Crippen molar-refractivity contribution in [3.05, 3.63) is 148 Å². The Morgan fingerprint density at radius 1 is 0.905 bits per heavy atom. The molecule has 2 N–H and O–H groups in total. The number of nitrogens with zero attached hydrogens (tertiary/aromatic N) is 2. The van der Waals surface area contributed by atoms with Gasteiger partial charge in [-0.3, -0.25) is 4.79 Å². The summed E-state index contributed by atoms with van der Waals surface area (Å²) in [5.74, 6) is 0.830. The Morgan fingerprint density at radius 2 is 1.64 bits per heavy atom. The summed E-state index contributed by atoms with van der Waals surface area (Å²) in [4.78, 5) is 20.5. The van der Waals surface area contributed by atoms with Crippen LogP contribution >= 0.6 is 11.6 Å². The minimum absolute atomic E-state index is 0.0611. The third-order valence-corrected chi connectivity index (χ3v) is 8.12. The fourth-order valence-corrected chi connectivity index (χ4v) is 5.73. The molecule has 1 amide bonds. The maximum Gasteiger partial charge on any atom is 0.251 e. The van der Waals surface area contributed by atoms with Crippen LogP contribution in [0, 0.1) is 6.92 Å². The minimum atomic E-state index is -0.0978. The second kappa shape index (κ2) is 12.5. The molecule has 0 unspecified atom stereocenters. The predicted octanol–water partition coefficient (Wildman–Crippen LogP) is 7.70. The van der Waals surface area contributed by atoms with Gasteiger partial charge in [-0.1, -0.05) is 90.5 Å². The summed E-state index contributed by atoms with van der Waals surface area (Å²) >= 11 is 6.31. The second-order valence-electron chi connectivity index (χ2n) is 10.7. The van der Waals surface area contributed by atoms with Crippen LogP contribution < -0.4 is 15.5 Å². The number of carbonyl (C=O) groups excluding carboxylic acids is 1. The lowest BCUT2D eigenvalue weighted by atomic mass is 9.91. The third kappa shape index (κ3) is 6.17. The van der Waals surface area contributed by atoms with Gasteiger partial charge in [0, 0.05) is 54.4 Å². The molecule has 6 heteroatoms. The second-order valence-corrected chi connectivity index (χ2v) is 11.1. The fraction of sp³-hybridized carbons (Fsp3) is 0.167. The molecule has 1 aliphatic rings. The molecule has 6 rings (SSSR count). The van der Waals surface area contributed by atoms with Crippen molar-refractivity contribution in [3.8, 4) is 11.1 Å². The largest absolute Gasteiger partial charge is 0.367 e.